The smallest absolute Gasteiger partial charge is 0.330 e. The Hall–Kier alpha value is -2.10. The van der Waals surface area contributed by atoms with Crippen molar-refractivity contribution in [3.63, 3.8) is 0 Å². The third-order valence-electron chi connectivity index (χ3n) is 4.87. The van der Waals surface area contributed by atoms with Crippen LogP contribution in [0, 0.1) is 5.92 Å². The second-order valence-electron chi connectivity index (χ2n) is 7.02. The highest BCUT2D eigenvalue weighted by Gasteiger charge is 2.37. The molecule has 0 bridgehead atoms. The van der Waals surface area contributed by atoms with Gasteiger partial charge in [0.05, 0.1) is 11.4 Å². The largest absolute Gasteiger partial charge is 0.389 e. The fourth-order valence-electron chi connectivity index (χ4n) is 3.47. The molecule has 2 N–H and O–H groups in total. The molecule has 5 nitrogen and oxygen atoms in total. The number of sulfonamides is 1. The van der Waals surface area contributed by atoms with E-state index in [0.717, 1.165) is 15.6 Å². The van der Waals surface area contributed by atoms with E-state index in [1.165, 1.54) is 0 Å². The molecule has 2 atom stereocenters. The summed E-state index contributed by atoms with van der Waals surface area (Å²) in [6.07, 6.45) is -6.09. The Kier molecular flexibility index (Phi) is 6.50. The average molecular weight is 428 g/mol. The molecule has 0 saturated carbocycles. The highest BCUT2D eigenvalue weighted by Crippen LogP contribution is 2.40. The zero-order chi connectivity index (χ0) is 21.1. The minimum absolute atomic E-state index is 0.135. The van der Waals surface area contributed by atoms with Crippen molar-refractivity contribution >= 4 is 15.7 Å². The summed E-state index contributed by atoms with van der Waals surface area (Å²) in [5, 5.41) is 0. The lowest BCUT2D eigenvalue weighted by molar-refractivity contribution is -0.134. The molecule has 2 aromatic carbocycles. The van der Waals surface area contributed by atoms with Crippen molar-refractivity contribution in [1.29, 1.82) is 0 Å². The molecular weight excluding hydrogens is 405 g/mol. The molecule has 9 heteroatoms. The van der Waals surface area contributed by atoms with Crippen molar-refractivity contribution in [2.24, 2.45) is 11.7 Å². The van der Waals surface area contributed by atoms with Crippen LogP contribution in [0.15, 0.2) is 54.6 Å². The first kappa shape index (κ1) is 21.6. The summed E-state index contributed by atoms with van der Waals surface area (Å²) in [6, 6.07) is 15.6. The van der Waals surface area contributed by atoms with E-state index in [1.54, 1.807) is 30.3 Å². The summed E-state index contributed by atoms with van der Waals surface area (Å²) >= 11 is 0. The van der Waals surface area contributed by atoms with Gasteiger partial charge in [-0.3, -0.25) is 4.84 Å². The zero-order valence-corrected chi connectivity index (χ0v) is 16.5. The van der Waals surface area contributed by atoms with E-state index in [0.29, 0.717) is 6.42 Å². The SMILES string of the molecule is NCC1Cc2ccccc2C1ON(c1ccccc1)S(=O)(=O)CCCC(F)(F)F. The van der Waals surface area contributed by atoms with Crippen LogP contribution < -0.4 is 10.2 Å². The Morgan fingerprint density at radius 1 is 1.07 bits per heavy atom. The van der Waals surface area contributed by atoms with Crippen LogP contribution in [0.5, 0.6) is 0 Å². The van der Waals surface area contributed by atoms with Gasteiger partial charge in [-0.05, 0) is 42.6 Å². The minimum atomic E-state index is -4.41. The molecule has 3 rings (SSSR count). The fraction of sp³-hybridized carbons (Fsp3) is 0.400. The fourth-order valence-corrected chi connectivity index (χ4v) is 4.81. The van der Waals surface area contributed by atoms with E-state index in [4.69, 9.17) is 10.6 Å². The third kappa shape index (κ3) is 5.29. The number of benzene rings is 2. The average Bonchev–Trinajstić information content (AvgIpc) is 3.03. The summed E-state index contributed by atoms with van der Waals surface area (Å²) in [5.41, 5.74) is 7.98. The van der Waals surface area contributed by atoms with Crippen LogP contribution in [0.3, 0.4) is 0 Å². The highest BCUT2D eigenvalue weighted by molar-refractivity contribution is 7.92. The van der Waals surface area contributed by atoms with E-state index in [9.17, 15) is 21.6 Å². The van der Waals surface area contributed by atoms with Gasteiger partial charge < -0.3 is 5.73 Å². The lowest BCUT2D eigenvalue weighted by Gasteiger charge is -2.29. The van der Waals surface area contributed by atoms with Crippen LogP contribution >= 0.6 is 0 Å². The molecule has 0 radical (unpaired) electrons. The summed E-state index contributed by atoms with van der Waals surface area (Å²) < 4.78 is 64.1. The van der Waals surface area contributed by atoms with Gasteiger partial charge in [-0.25, -0.2) is 8.42 Å². The molecule has 0 aliphatic heterocycles. The Bertz CT molecular complexity index is 920. The van der Waals surface area contributed by atoms with Crippen LogP contribution in [0.2, 0.25) is 0 Å². The first-order valence-electron chi connectivity index (χ1n) is 9.31. The van der Waals surface area contributed by atoms with Gasteiger partial charge >= 0.3 is 6.18 Å². The predicted molar refractivity (Wildman–Crippen MR) is 105 cm³/mol. The molecule has 1 aliphatic carbocycles. The van der Waals surface area contributed by atoms with E-state index in [1.807, 2.05) is 24.3 Å². The summed E-state index contributed by atoms with van der Waals surface area (Å²) in [6.45, 7) is 0.288. The van der Waals surface area contributed by atoms with Gasteiger partial charge in [0.2, 0.25) is 0 Å². The predicted octanol–water partition coefficient (Wildman–Crippen LogP) is 3.97. The molecule has 1 aliphatic rings. The number of rotatable bonds is 8. The van der Waals surface area contributed by atoms with E-state index in [2.05, 4.69) is 0 Å². The summed E-state index contributed by atoms with van der Waals surface area (Å²) in [7, 11) is -4.15. The first-order chi connectivity index (χ1) is 13.7. The number of nitrogens with zero attached hydrogens (tertiary/aromatic N) is 1. The van der Waals surface area contributed by atoms with Crippen LogP contribution in [0.1, 0.15) is 30.1 Å². The van der Waals surface area contributed by atoms with Gasteiger partial charge in [0.1, 0.15) is 6.10 Å². The second-order valence-corrected chi connectivity index (χ2v) is 8.93. The van der Waals surface area contributed by atoms with E-state index < -0.39 is 40.9 Å². The lowest BCUT2D eigenvalue weighted by atomic mass is 10.0. The minimum Gasteiger partial charge on any atom is -0.330 e. The summed E-state index contributed by atoms with van der Waals surface area (Å²) in [5.74, 6) is -0.813. The molecule has 2 unspecified atom stereocenters. The van der Waals surface area contributed by atoms with Gasteiger partial charge in [-0.15, -0.1) is 4.47 Å². The van der Waals surface area contributed by atoms with Gasteiger partial charge in [0, 0.05) is 12.3 Å². The molecule has 158 valence electrons. The monoisotopic (exact) mass is 428 g/mol. The lowest BCUT2D eigenvalue weighted by Crippen LogP contribution is -2.37. The van der Waals surface area contributed by atoms with Crippen molar-refractivity contribution < 1.29 is 26.4 Å². The molecule has 0 amide bonds. The molecule has 29 heavy (non-hydrogen) atoms. The summed E-state index contributed by atoms with van der Waals surface area (Å²) in [4.78, 5) is 5.96. The van der Waals surface area contributed by atoms with Gasteiger partial charge in [-0.1, -0.05) is 42.5 Å². The number of para-hydroxylation sites is 1. The Morgan fingerprint density at radius 3 is 2.38 bits per heavy atom. The second kappa shape index (κ2) is 8.73. The van der Waals surface area contributed by atoms with Crippen LogP contribution in [0.25, 0.3) is 0 Å². The Morgan fingerprint density at radius 2 is 1.72 bits per heavy atom. The molecule has 0 fully saturated rings. The van der Waals surface area contributed by atoms with E-state index in [-0.39, 0.29) is 18.2 Å². The molecule has 0 spiro atoms. The number of halogens is 3. The topological polar surface area (TPSA) is 72.6 Å². The number of nitrogens with two attached hydrogens (primary N) is 1. The van der Waals surface area contributed by atoms with Crippen LogP contribution in [-0.2, 0) is 21.3 Å². The number of anilines is 1. The van der Waals surface area contributed by atoms with Crippen molar-refractivity contribution in [3.8, 4) is 0 Å². The van der Waals surface area contributed by atoms with Crippen LogP contribution in [-0.4, -0.2) is 26.9 Å². The third-order valence-corrected chi connectivity index (χ3v) is 6.47. The van der Waals surface area contributed by atoms with Gasteiger partial charge in [0.25, 0.3) is 10.0 Å². The van der Waals surface area contributed by atoms with E-state index >= 15 is 0 Å². The zero-order valence-electron chi connectivity index (χ0n) is 15.7. The number of alkyl halides is 3. The molecular formula is C20H23F3N2O3S. The normalized spacial score (nSPS) is 19.2. The molecule has 0 heterocycles. The first-order valence-corrected chi connectivity index (χ1v) is 10.9. The van der Waals surface area contributed by atoms with Gasteiger partial charge in [-0.2, -0.15) is 13.2 Å². The maximum Gasteiger partial charge on any atom is 0.389 e. The highest BCUT2D eigenvalue weighted by atomic mass is 32.2. The number of fused-ring (bicyclic) bond motifs is 1. The van der Waals surface area contributed by atoms with Crippen molar-refractivity contribution in [1.82, 2.24) is 0 Å². The standard InChI is InChI=1S/C20H23F3N2O3S/c21-20(22,23)11-6-12-29(26,27)25(17-8-2-1-3-9-17)28-19-16(14-24)13-15-7-4-5-10-18(15)19/h1-5,7-10,16,19H,6,11-14,24H2. The quantitative estimate of drug-likeness (QED) is 0.646. The van der Waals surface area contributed by atoms with Crippen molar-refractivity contribution in [2.45, 2.75) is 31.5 Å². The van der Waals surface area contributed by atoms with Crippen LogP contribution in [0.4, 0.5) is 18.9 Å². The maximum absolute atomic E-state index is 12.9. The maximum atomic E-state index is 12.9. The molecule has 0 aromatic heterocycles. The Labute approximate surface area is 168 Å². The van der Waals surface area contributed by atoms with Crippen molar-refractivity contribution in [2.75, 3.05) is 16.8 Å². The molecule has 2 aromatic rings. The number of hydrogen-bond donors (Lipinski definition) is 1. The molecule has 0 saturated heterocycles. The van der Waals surface area contributed by atoms with Crippen molar-refractivity contribution in [3.05, 3.63) is 65.7 Å². The Balaban J connectivity index is 1.89. The van der Waals surface area contributed by atoms with Gasteiger partial charge in [0.15, 0.2) is 0 Å². The number of hydrogen-bond acceptors (Lipinski definition) is 4.